The van der Waals surface area contributed by atoms with Crippen molar-refractivity contribution >= 4 is 0 Å². The molecule has 0 radical (unpaired) electrons. The third-order valence-corrected chi connectivity index (χ3v) is 4.03. The van der Waals surface area contributed by atoms with Gasteiger partial charge in [0.15, 0.2) is 0 Å². The molecule has 0 spiro atoms. The van der Waals surface area contributed by atoms with E-state index in [1.807, 2.05) is 0 Å². The normalized spacial score (nSPS) is 26.1. The smallest absolute Gasteiger partial charge is 0.0693 e. The van der Waals surface area contributed by atoms with E-state index in [2.05, 4.69) is 26.1 Å². The average molecular weight is 241 g/mol. The summed E-state index contributed by atoms with van der Waals surface area (Å²) in [6, 6.07) is 0.342. The van der Waals surface area contributed by atoms with Crippen molar-refractivity contribution in [2.75, 3.05) is 6.54 Å². The number of aliphatic hydroxyl groups excluding tert-OH is 1. The fraction of sp³-hybridized carbons (Fsp3) is 1.00. The molecule has 0 aromatic carbocycles. The molecule has 2 atom stereocenters. The van der Waals surface area contributed by atoms with Gasteiger partial charge in [-0.3, -0.25) is 0 Å². The molecule has 1 rings (SSSR count). The Kier molecular flexibility index (Phi) is 6.50. The molecule has 0 bridgehead atoms. The lowest BCUT2D eigenvalue weighted by molar-refractivity contribution is 0.0845. The molecule has 1 aliphatic rings. The van der Waals surface area contributed by atoms with Crippen molar-refractivity contribution in [1.82, 2.24) is 5.32 Å². The minimum Gasteiger partial charge on any atom is -0.392 e. The monoisotopic (exact) mass is 241 g/mol. The second-order valence-electron chi connectivity index (χ2n) is 6.46. The van der Waals surface area contributed by atoms with E-state index >= 15 is 0 Å². The van der Waals surface area contributed by atoms with Crippen LogP contribution in [0.25, 0.3) is 0 Å². The number of unbranched alkanes of at least 4 members (excludes halogenated alkanes) is 2. The van der Waals surface area contributed by atoms with Gasteiger partial charge in [0.25, 0.3) is 0 Å². The summed E-state index contributed by atoms with van der Waals surface area (Å²) < 4.78 is 0. The molecule has 2 N–H and O–H groups in total. The quantitative estimate of drug-likeness (QED) is 0.669. The first-order chi connectivity index (χ1) is 8.05. The zero-order valence-corrected chi connectivity index (χ0v) is 12.0. The van der Waals surface area contributed by atoms with Crippen LogP contribution >= 0.6 is 0 Å². The van der Waals surface area contributed by atoms with Gasteiger partial charge in [-0.05, 0) is 24.7 Å². The number of rotatable bonds is 7. The highest BCUT2D eigenvalue weighted by Crippen LogP contribution is 2.24. The fourth-order valence-corrected chi connectivity index (χ4v) is 2.70. The lowest BCUT2D eigenvalue weighted by Gasteiger charge is -2.33. The molecule has 2 heteroatoms. The highest BCUT2D eigenvalue weighted by Gasteiger charge is 2.25. The van der Waals surface area contributed by atoms with Gasteiger partial charge in [-0.25, -0.2) is 0 Å². The first kappa shape index (κ1) is 15.0. The number of hydrogen-bond acceptors (Lipinski definition) is 2. The lowest BCUT2D eigenvalue weighted by Crippen LogP contribution is -2.45. The second kappa shape index (κ2) is 7.38. The first-order valence-corrected chi connectivity index (χ1v) is 7.46. The average Bonchev–Trinajstić information content (AvgIpc) is 2.28. The third-order valence-electron chi connectivity index (χ3n) is 4.03. The molecule has 0 heterocycles. The summed E-state index contributed by atoms with van der Waals surface area (Å²) in [4.78, 5) is 0. The van der Waals surface area contributed by atoms with Crippen LogP contribution in [-0.2, 0) is 0 Å². The van der Waals surface area contributed by atoms with E-state index in [4.69, 9.17) is 0 Å². The Hall–Kier alpha value is -0.0800. The molecule has 17 heavy (non-hydrogen) atoms. The van der Waals surface area contributed by atoms with E-state index in [0.29, 0.717) is 11.5 Å². The van der Waals surface area contributed by atoms with Crippen molar-refractivity contribution in [1.29, 1.82) is 0 Å². The van der Waals surface area contributed by atoms with Gasteiger partial charge in [-0.2, -0.15) is 0 Å². The van der Waals surface area contributed by atoms with Crippen LogP contribution in [0.3, 0.4) is 0 Å². The maximum Gasteiger partial charge on any atom is 0.0693 e. The first-order valence-electron chi connectivity index (χ1n) is 7.46. The van der Waals surface area contributed by atoms with Gasteiger partial charge in [-0.15, -0.1) is 0 Å². The Morgan fingerprint density at radius 3 is 2.53 bits per heavy atom. The topological polar surface area (TPSA) is 32.3 Å². The van der Waals surface area contributed by atoms with Crippen LogP contribution in [0.4, 0.5) is 0 Å². The fourth-order valence-electron chi connectivity index (χ4n) is 2.70. The van der Waals surface area contributed by atoms with E-state index < -0.39 is 0 Å². The van der Waals surface area contributed by atoms with Crippen LogP contribution in [0.2, 0.25) is 0 Å². The van der Waals surface area contributed by atoms with Crippen LogP contribution in [0.15, 0.2) is 0 Å². The van der Waals surface area contributed by atoms with Gasteiger partial charge >= 0.3 is 0 Å². The Balaban J connectivity index is 2.22. The van der Waals surface area contributed by atoms with Gasteiger partial charge in [0, 0.05) is 12.6 Å². The minimum atomic E-state index is -0.116. The van der Waals surface area contributed by atoms with E-state index in [1.165, 1.54) is 38.5 Å². The minimum absolute atomic E-state index is 0.116. The second-order valence-corrected chi connectivity index (χ2v) is 6.46. The molecule has 102 valence electrons. The zero-order chi connectivity index (χ0) is 12.7. The van der Waals surface area contributed by atoms with Crippen LogP contribution in [-0.4, -0.2) is 23.8 Å². The highest BCUT2D eigenvalue weighted by molar-refractivity contribution is 4.83. The van der Waals surface area contributed by atoms with Gasteiger partial charge in [-0.1, -0.05) is 52.9 Å². The molecule has 1 aliphatic carbocycles. The summed E-state index contributed by atoms with van der Waals surface area (Å²) in [5, 5.41) is 13.5. The van der Waals surface area contributed by atoms with E-state index in [9.17, 15) is 5.11 Å². The van der Waals surface area contributed by atoms with E-state index in [1.54, 1.807) is 0 Å². The van der Waals surface area contributed by atoms with Crippen LogP contribution in [0, 0.1) is 5.41 Å². The number of hydrogen-bond donors (Lipinski definition) is 2. The maximum atomic E-state index is 9.92. The summed E-state index contributed by atoms with van der Waals surface area (Å²) >= 11 is 0. The maximum absolute atomic E-state index is 9.92. The van der Waals surface area contributed by atoms with Crippen molar-refractivity contribution < 1.29 is 5.11 Å². The lowest BCUT2D eigenvalue weighted by atomic mass is 9.85. The molecular weight excluding hydrogens is 210 g/mol. The standard InChI is InChI=1S/C15H31NO/c1-4-5-8-11-15(2,3)12-16-13-9-6-7-10-14(13)17/h13-14,16-17H,4-12H2,1-3H3/t13-,14-/m1/s1. The molecule has 0 aliphatic heterocycles. The number of aliphatic hydroxyl groups is 1. The van der Waals surface area contributed by atoms with Crippen molar-refractivity contribution in [3.63, 3.8) is 0 Å². The highest BCUT2D eigenvalue weighted by atomic mass is 16.3. The Morgan fingerprint density at radius 2 is 1.88 bits per heavy atom. The molecule has 2 nitrogen and oxygen atoms in total. The van der Waals surface area contributed by atoms with Gasteiger partial charge in [0.1, 0.15) is 0 Å². The summed E-state index contributed by atoms with van der Waals surface area (Å²) in [5.41, 5.74) is 0.367. The third kappa shape index (κ3) is 5.87. The Morgan fingerprint density at radius 1 is 1.18 bits per heavy atom. The van der Waals surface area contributed by atoms with Crippen molar-refractivity contribution in [2.45, 2.75) is 84.3 Å². The predicted molar refractivity (Wildman–Crippen MR) is 74.2 cm³/mol. The van der Waals surface area contributed by atoms with Crippen molar-refractivity contribution in [3.05, 3.63) is 0 Å². The molecule has 0 aromatic rings. The van der Waals surface area contributed by atoms with Gasteiger partial charge in [0.05, 0.1) is 6.10 Å². The summed E-state index contributed by atoms with van der Waals surface area (Å²) in [7, 11) is 0. The van der Waals surface area contributed by atoms with Crippen LogP contribution < -0.4 is 5.32 Å². The SMILES string of the molecule is CCCCCC(C)(C)CN[C@@H]1CCCC[C@H]1O. The van der Waals surface area contributed by atoms with Crippen LogP contribution in [0.1, 0.15) is 72.1 Å². The Bertz CT molecular complexity index is 203. The molecule has 0 aromatic heterocycles. The molecule has 0 amide bonds. The zero-order valence-electron chi connectivity index (χ0n) is 12.0. The Labute approximate surface area is 107 Å². The van der Waals surface area contributed by atoms with Crippen LogP contribution in [0.5, 0.6) is 0 Å². The molecule has 1 fully saturated rings. The van der Waals surface area contributed by atoms with E-state index in [0.717, 1.165) is 19.4 Å². The summed E-state index contributed by atoms with van der Waals surface area (Å²) in [5.74, 6) is 0. The van der Waals surface area contributed by atoms with Gasteiger partial charge < -0.3 is 10.4 Å². The summed E-state index contributed by atoms with van der Waals surface area (Å²) in [6.07, 6.45) is 9.73. The predicted octanol–water partition coefficient (Wildman–Crippen LogP) is 3.49. The van der Waals surface area contributed by atoms with E-state index in [-0.39, 0.29) is 6.10 Å². The van der Waals surface area contributed by atoms with Crippen molar-refractivity contribution in [2.24, 2.45) is 5.41 Å². The molecule has 1 saturated carbocycles. The van der Waals surface area contributed by atoms with Gasteiger partial charge in [0.2, 0.25) is 0 Å². The molecule has 0 unspecified atom stereocenters. The molecular formula is C15H31NO. The summed E-state index contributed by atoms with van der Waals surface area (Å²) in [6.45, 7) is 7.97. The van der Waals surface area contributed by atoms with Crippen molar-refractivity contribution in [3.8, 4) is 0 Å². The number of nitrogens with one attached hydrogen (secondary N) is 1. The largest absolute Gasteiger partial charge is 0.392 e. The molecule has 0 saturated heterocycles.